The van der Waals surface area contributed by atoms with E-state index in [1.54, 1.807) is 7.11 Å². The molecule has 1 heterocycles. The molecule has 0 aromatic heterocycles. The SMILES string of the molecule is COCCCN1CCNC(C(C)(C)C)C1. The second kappa shape index (κ2) is 5.83. The molecule has 1 aliphatic heterocycles. The van der Waals surface area contributed by atoms with E-state index in [4.69, 9.17) is 4.74 Å². The summed E-state index contributed by atoms with van der Waals surface area (Å²) >= 11 is 0. The average Bonchev–Trinajstić information content (AvgIpc) is 2.17. The van der Waals surface area contributed by atoms with Crippen LogP contribution < -0.4 is 5.32 Å². The van der Waals surface area contributed by atoms with E-state index >= 15 is 0 Å². The molecule has 1 unspecified atom stereocenters. The van der Waals surface area contributed by atoms with Gasteiger partial charge >= 0.3 is 0 Å². The Morgan fingerprint density at radius 2 is 2.13 bits per heavy atom. The van der Waals surface area contributed by atoms with Gasteiger partial charge in [0.05, 0.1) is 0 Å². The smallest absolute Gasteiger partial charge is 0.0474 e. The van der Waals surface area contributed by atoms with Gasteiger partial charge in [0.1, 0.15) is 0 Å². The van der Waals surface area contributed by atoms with Crippen molar-refractivity contribution in [2.24, 2.45) is 5.41 Å². The summed E-state index contributed by atoms with van der Waals surface area (Å²) in [6, 6.07) is 0.619. The van der Waals surface area contributed by atoms with Gasteiger partial charge in [-0.2, -0.15) is 0 Å². The van der Waals surface area contributed by atoms with Crippen LogP contribution in [0.5, 0.6) is 0 Å². The molecule has 1 aliphatic rings. The summed E-state index contributed by atoms with van der Waals surface area (Å²) in [7, 11) is 1.77. The van der Waals surface area contributed by atoms with Crippen LogP contribution >= 0.6 is 0 Å². The number of hydrogen-bond donors (Lipinski definition) is 1. The zero-order valence-corrected chi connectivity index (χ0v) is 10.7. The zero-order valence-electron chi connectivity index (χ0n) is 10.7. The lowest BCUT2D eigenvalue weighted by molar-refractivity contribution is 0.118. The van der Waals surface area contributed by atoms with E-state index < -0.39 is 0 Å². The predicted molar refractivity (Wildman–Crippen MR) is 64.2 cm³/mol. The first-order chi connectivity index (χ1) is 7.04. The molecular weight excluding hydrogens is 188 g/mol. The molecule has 0 aliphatic carbocycles. The predicted octanol–water partition coefficient (Wildman–Crippen LogP) is 1.34. The Morgan fingerprint density at radius 1 is 1.40 bits per heavy atom. The second-order valence-electron chi connectivity index (χ2n) is 5.52. The Bertz CT molecular complexity index is 177. The third kappa shape index (κ3) is 4.49. The normalized spacial score (nSPS) is 24.4. The molecule has 1 atom stereocenters. The molecule has 1 N–H and O–H groups in total. The molecule has 3 heteroatoms. The van der Waals surface area contributed by atoms with Crippen molar-refractivity contribution in [3.8, 4) is 0 Å². The molecule has 0 radical (unpaired) electrons. The second-order valence-corrected chi connectivity index (χ2v) is 5.52. The number of ether oxygens (including phenoxy) is 1. The molecule has 0 spiro atoms. The van der Waals surface area contributed by atoms with Crippen molar-refractivity contribution in [1.29, 1.82) is 0 Å². The maximum atomic E-state index is 5.08. The molecular formula is C12H26N2O. The molecule has 0 saturated carbocycles. The lowest BCUT2D eigenvalue weighted by atomic mass is 9.85. The first-order valence-electron chi connectivity index (χ1n) is 5.98. The van der Waals surface area contributed by atoms with Gasteiger partial charge in [-0.05, 0) is 11.8 Å². The summed E-state index contributed by atoms with van der Waals surface area (Å²) in [5, 5.41) is 3.61. The highest BCUT2D eigenvalue weighted by atomic mass is 16.5. The van der Waals surface area contributed by atoms with E-state index in [1.807, 2.05) is 0 Å². The molecule has 1 rings (SSSR count). The van der Waals surface area contributed by atoms with Crippen molar-refractivity contribution in [3.05, 3.63) is 0 Å². The van der Waals surface area contributed by atoms with Gasteiger partial charge in [0, 0.05) is 45.9 Å². The fourth-order valence-electron chi connectivity index (χ4n) is 2.03. The average molecular weight is 214 g/mol. The molecule has 90 valence electrons. The third-order valence-electron chi connectivity index (χ3n) is 3.13. The van der Waals surface area contributed by atoms with Crippen LogP contribution in [-0.4, -0.2) is 50.8 Å². The number of nitrogens with zero attached hydrogens (tertiary/aromatic N) is 1. The molecule has 0 bridgehead atoms. The number of piperazine rings is 1. The highest BCUT2D eigenvalue weighted by Gasteiger charge is 2.28. The standard InChI is InChI=1S/C12H26N2O/c1-12(2,3)11-10-14(8-6-13-11)7-5-9-15-4/h11,13H,5-10H2,1-4H3. The van der Waals surface area contributed by atoms with Crippen LogP contribution in [0.4, 0.5) is 0 Å². The number of methoxy groups -OCH3 is 1. The summed E-state index contributed by atoms with van der Waals surface area (Å²) in [5.74, 6) is 0. The van der Waals surface area contributed by atoms with Gasteiger partial charge in [-0.25, -0.2) is 0 Å². The summed E-state index contributed by atoms with van der Waals surface area (Å²) in [4.78, 5) is 2.55. The monoisotopic (exact) mass is 214 g/mol. The molecule has 1 saturated heterocycles. The summed E-state index contributed by atoms with van der Waals surface area (Å²) < 4.78 is 5.08. The van der Waals surface area contributed by atoms with Crippen LogP contribution in [0.3, 0.4) is 0 Å². The first-order valence-corrected chi connectivity index (χ1v) is 5.98. The van der Waals surface area contributed by atoms with Gasteiger partial charge in [-0.3, -0.25) is 0 Å². The Labute approximate surface area is 94.2 Å². The van der Waals surface area contributed by atoms with Crippen molar-refractivity contribution < 1.29 is 4.74 Å². The van der Waals surface area contributed by atoms with E-state index in [0.29, 0.717) is 11.5 Å². The Kier molecular flexibility index (Phi) is 5.03. The Hall–Kier alpha value is -0.120. The Morgan fingerprint density at radius 3 is 2.73 bits per heavy atom. The lowest BCUT2D eigenvalue weighted by Gasteiger charge is -2.40. The maximum absolute atomic E-state index is 5.08. The highest BCUT2D eigenvalue weighted by Crippen LogP contribution is 2.21. The number of hydrogen-bond acceptors (Lipinski definition) is 3. The molecule has 3 nitrogen and oxygen atoms in total. The van der Waals surface area contributed by atoms with E-state index in [-0.39, 0.29) is 0 Å². The van der Waals surface area contributed by atoms with Gasteiger partial charge < -0.3 is 15.0 Å². The van der Waals surface area contributed by atoms with Gasteiger partial charge in [0.15, 0.2) is 0 Å². The van der Waals surface area contributed by atoms with Gasteiger partial charge in [0.25, 0.3) is 0 Å². The van der Waals surface area contributed by atoms with Crippen LogP contribution in [0.15, 0.2) is 0 Å². The zero-order chi connectivity index (χ0) is 11.3. The van der Waals surface area contributed by atoms with E-state index in [2.05, 4.69) is 31.0 Å². The maximum Gasteiger partial charge on any atom is 0.0474 e. The fraction of sp³-hybridized carbons (Fsp3) is 1.00. The van der Waals surface area contributed by atoms with E-state index in [1.165, 1.54) is 19.6 Å². The molecule has 0 amide bonds. The third-order valence-corrected chi connectivity index (χ3v) is 3.13. The minimum absolute atomic E-state index is 0.361. The molecule has 0 aromatic carbocycles. The van der Waals surface area contributed by atoms with Crippen molar-refractivity contribution in [2.75, 3.05) is 39.9 Å². The highest BCUT2D eigenvalue weighted by molar-refractivity contribution is 4.87. The van der Waals surface area contributed by atoms with Crippen molar-refractivity contribution in [1.82, 2.24) is 10.2 Å². The van der Waals surface area contributed by atoms with Crippen LogP contribution in [0.2, 0.25) is 0 Å². The fourth-order valence-corrected chi connectivity index (χ4v) is 2.03. The Balaban J connectivity index is 2.29. The lowest BCUT2D eigenvalue weighted by Crippen LogP contribution is -2.55. The van der Waals surface area contributed by atoms with Crippen LogP contribution in [0.25, 0.3) is 0 Å². The van der Waals surface area contributed by atoms with Gasteiger partial charge in [-0.1, -0.05) is 20.8 Å². The van der Waals surface area contributed by atoms with Gasteiger partial charge in [0.2, 0.25) is 0 Å². The van der Waals surface area contributed by atoms with E-state index in [9.17, 15) is 0 Å². The van der Waals surface area contributed by atoms with Crippen molar-refractivity contribution in [3.63, 3.8) is 0 Å². The topological polar surface area (TPSA) is 24.5 Å². The van der Waals surface area contributed by atoms with Crippen LogP contribution in [-0.2, 0) is 4.74 Å². The summed E-state index contributed by atoms with van der Waals surface area (Å²) in [6.07, 6.45) is 1.15. The minimum atomic E-state index is 0.361. The number of rotatable bonds is 4. The quantitative estimate of drug-likeness (QED) is 0.715. The largest absolute Gasteiger partial charge is 0.385 e. The molecule has 0 aromatic rings. The van der Waals surface area contributed by atoms with Gasteiger partial charge in [-0.15, -0.1) is 0 Å². The van der Waals surface area contributed by atoms with Crippen LogP contribution in [0.1, 0.15) is 27.2 Å². The summed E-state index contributed by atoms with van der Waals surface area (Å²) in [6.45, 7) is 12.4. The van der Waals surface area contributed by atoms with Crippen molar-refractivity contribution in [2.45, 2.75) is 33.2 Å². The number of nitrogens with one attached hydrogen (secondary N) is 1. The van der Waals surface area contributed by atoms with Crippen molar-refractivity contribution >= 4 is 0 Å². The first kappa shape index (κ1) is 12.9. The minimum Gasteiger partial charge on any atom is -0.385 e. The van der Waals surface area contributed by atoms with E-state index in [0.717, 1.165) is 19.6 Å². The molecule has 1 fully saturated rings. The van der Waals surface area contributed by atoms with Crippen LogP contribution in [0, 0.1) is 5.41 Å². The summed E-state index contributed by atoms with van der Waals surface area (Å²) in [5.41, 5.74) is 0.361. The molecule has 15 heavy (non-hydrogen) atoms.